The number of ether oxygens (including phenoxy) is 2. The van der Waals surface area contributed by atoms with Gasteiger partial charge in [0.15, 0.2) is 17.3 Å². The number of pyridine rings is 1. The molecule has 0 saturated carbocycles. The van der Waals surface area contributed by atoms with E-state index in [9.17, 15) is 4.39 Å². The van der Waals surface area contributed by atoms with Crippen LogP contribution in [0.15, 0.2) is 36.5 Å². The van der Waals surface area contributed by atoms with Gasteiger partial charge in [-0.2, -0.15) is 0 Å². The van der Waals surface area contributed by atoms with Gasteiger partial charge in [-0.15, -0.1) is 0 Å². The molecular weight excluding hydrogens is 223 g/mol. The van der Waals surface area contributed by atoms with E-state index in [4.69, 9.17) is 15.2 Å². The lowest BCUT2D eigenvalue weighted by atomic mass is 10.3. The van der Waals surface area contributed by atoms with Crippen molar-refractivity contribution in [2.45, 2.75) is 0 Å². The Labute approximate surface area is 97.8 Å². The molecule has 0 amide bonds. The van der Waals surface area contributed by atoms with Crippen molar-refractivity contribution in [1.82, 2.24) is 4.98 Å². The van der Waals surface area contributed by atoms with Gasteiger partial charge in [-0.25, -0.2) is 9.37 Å². The van der Waals surface area contributed by atoms with Crippen molar-refractivity contribution in [3.05, 3.63) is 42.3 Å². The predicted molar refractivity (Wildman–Crippen MR) is 61.7 cm³/mol. The van der Waals surface area contributed by atoms with Crippen molar-refractivity contribution < 1.29 is 13.9 Å². The zero-order valence-electron chi connectivity index (χ0n) is 9.18. The van der Waals surface area contributed by atoms with Crippen LogP contribution in [0.5, 0.6) is 17.4 Å². The van der Waals surface area contributed by atoms with Gasteiger partial charge in [0.25, 0.3) is 5.88 Å². The number of nitrogens with two attached hydrogens (primary N) is 1. The standard InChI is InChI=1S/C12H11FN2O2/c1-16-10-6-3-7-15-12(10)17-11-8(13)4-2-5-9(11)14/h2-7H,14H2,1H3. The third-order valence-corrected chi connectivity index (χ3v) is 2.15. The molecule has 0 bridgehead atoms. The van der Waals surface area contributed by atoms with Crippen LogP contribution in [0.2, 0.25) is 0 Å². The number of halogens is 1. The Kier molecular flexibility index (Phi) is 3.09. The van der Waals surface area contributed by atoms with Gasteiger partial charge in [0, 0.05) is 6.20 Å². The number of hydrogen-bond donors (Lipinski definition) is 1. The van der Waals surface area contributed by atoms with Crippen molar-refractivity contribution in [1.29, 1.82) is 0 Å². The van der Waals surface area contributed by atoms with E-state index in [2.05, 4.69) is 4.98 Å². The van der Waals surface area contributed by atoms with Gasteiger partial charge >= 0.3 is 0 Å². The molecule has 0 unspecified atom stereocenters. The van der Waals surface area contributed by atoms with Crippen LogP contribution in [0.25, 0.3) is 0 Å². The van der Waals surface area contributed by atoms with Crippen LogP contribution >= 0.6 is 0 Å². The maximum atomic E-state index is 13.5. The molecule has 0 spiro atoms. The van der Waals surface area contributed by atoms with Gasteiger partial charge in [0.1, 0.15) is 0 Å². The van der Waals surface area contributed by atoms with E-state index < -0.39 is 5.82 Å². The molecule has 1 aromatic carbocycles. The highest BCUT2D eigenvalue weighted by molar-refractivity contribution is 5.54. The Morgan fingerprint density at radius 2 is 2.06 bits per heavy atom. The molecule has 2 aromatic rings. The van der Waals surface area contributed by atoms with Gasteiger partial charge in [0.05, 0.1) is 12.8 Å². The molecule has 4 nitrogen and oxygen atoms in total. The van der Waals surface area contributed by atoms with E-state index in [1.165, 1.54) is 25.4 Å². The molecule has 0 radical (unpaired) electrons. The van der Waals surface area contributed by atoms with Crippen LogP contribution in [0.3, 0.4) is 0 Å². The van der Waals surface area contributed by atoms with E-state index in [1.54, 1.807) is 18.2 Å². The maximum absolute atomic E-state index is 13.5. The molecule has 1 aromatic heterocycles. The van der Waals surface area contributed by atoms with Crippen molar-refractivity contribution in [3.63, 3.8) is 0 Å². The first-order valence-corrected chi connectivity index (χ1v) is 4.93. The Balaban J connectivity index is 2.38. The Morgan fingerprint density at radius 3 is 2.76 bits per heavy atom. The smallest absolute Gasteiger partial charge is 0.262 e. The minimum Gasteiger partial charge on any atom is -0.491 e. The van der Waals surface area contributed by atoms with Crippen LogP contribution in [0.4, 0.5) is 10.1 Å². The second-order valence-corrected chi connectivity index (χ2v) is 3.27. The number of anilines is 1. The SMILES string of the molecule is COc1cccnc1Oc1c(N)cccc1F. The summed E-state index contributed by atoms with van der Waals surface area (Å²) in [6.45, 7) is 0. The zero-order valence-corrected chi connectivity index (χ0v) is 9.18. The number of nitrogen functional groups attached to an aromatic ring is 1. The predicted octanol–water partition coefficient (Wildman–Crippen LogP) is 2.60. The summed E-state index contributed by atoms with van der Waals surface area (Å²) in [5.74, 6) is -0.0100. The molecule has 0 saturated heterocycles. The summed E-state index contributed by atoms with van der Waals surface area (Å²) in [6.07, 6.45) is 1.52. The van der Waals surface area contributed by atoms with Crippen molar-refractivity contribution in [3.8, 4) is 17.4 Å². The van der Waals surface area contributed by atoms with E-state index in [0.29, 0.717) is 5.75 Å². The first-order chi connectivity index (χ1) is 8.22. The fourth-order valence-corrected chi connectivity index (χ4v) is 1.34. The maximum Gasteiger partial charge on any atom is 0.262 e. The lowest BCUT2D eigenvalue weighted by molar-refractivity contribution is 0.362. The number of hydrogen-bond acceptors (Lipinski definition) is 4. The summed E-state index contributed by atoms with van der Waals surface area (Å²) in [7, 11) is 1.48. The molecule has 2 N–H and O–H groups in total. The number of methoxy groups -OCH3 is 1. The van der Waals surface area contributed by atoms with E-state index in [0.717, 1.165) is 0 Å². The molecule has 0 aliphatic carbocycles. The molecule has 88 valence electrons. The van der Waals surface area contributed by atoms with E-state index in [1.807, 2.05) is 0 Å². The van der Waals surface area contributed by atoms with Crippen molar-refractivity contribution in [2.75, 3.05) is 12.8 Å². The number of aromatic nitrogens is 1. The van der Waals surface area contributed by atoms with E-state index in [-0.39, 0.29) is 17.3 Å². The minimum absolute atomic E-state index is 0.0514. The van der Waals surface area contributed by atoms with E-state index >= 15 is 0 Å². The monoisotopic (exact) mass is 234 g/mol. The van der Waals surface area contributed by atoms with Crippen molar-refractivity contribution in [2.24, 2.45) is 0 Å². The minimum atomic E-state index is -0.544. The third kappa shape index (κ3) is 2.28. The normalized spacial score (nSPS) is 10.0. The Bertz CT molecular complexity index is 511. The largest absolute Gasteiger partial charge is 0.491 e. The first-order valence-electron chi connectivity index (χ1n) is 4.93. The molecule has 0 atom stereocenters. The number of benzene rings is 1. The highest BCUT2D eigenvalue weighted by Gasteiger charge is 2.12. The average molecular weight is 234 g/mol. The number of nitrogens with zero attached hydrogens (tertiary/aromatic N) is 1. The van der Waals surface area contributed by atoms with Crippen LogP contribution in [-0.4, -0.2) is 12.1 Å². The molecule has 2 rings (SSSR count). The topological polar surface area (TPSA) is 57.4 Å². The molecular formula is C12H11FN2O2. The summed E-state index contributed by atoms with van der Waals surface area (Å²) in [6, 6.07) is 7.68. The van der Waals surface area contributed by atoms with Gasteiger partial charge in [0.2, 0.25) is 0 Å². The quantitative estimate of drug-likeness (QED) is 0.829. The molecule has 0 aliphatic heterocycles. The van der Waals surface area contributed by atoms with Crippen LogP contribution in [-0.2, 0) is 0 Å². The molecule has 0 fully saturated rings. The first kappa shape index (κ1) is 11.2. The third-order valence-electron chi connectivity index (χ3n) is 2.15. The summed E-state index contributed by atoms with van der Waals surface area (Å²) < 4.78 is 23.9. The van der Waals surface area contributed by atoms with Crippen molar-refractivity contribution >= 4 is 5.69 Å². The second kappa shape index (κ2) is 4.69. The second-order valence-electron chi connectivity index (χ2n) is 3.27. The van der Waals surface area contributed by atoms with Crippen LogP contribution < -0.4 is 15.2 Å². The van der Waals surface area contributed by atoms with Gasteiger partial charge < -0.3 is 15.2 Å². The highest BCUT2D eigenvalue weighted by Crippen LogP contribution is 2.33. The molecule has 5 heteroatoms. The zero-order chi connectivity index (χ0) is 12.3. The fraction of sp³-hybridized carbons (Fsp3) is 0.0833. The molecule has 17 heavy (non-hydrogen) atoms. The Hall–Kier alpha value is -2.30. The van der Waals surface area contributed by atoms with Gasteiger partial charge in [-0.1, -0.05) is 6.07 Å². The number of para-hydroxylation sites is 1. The Morgan fingerprint density at radius 1 is 1.24 bits per heavy atom. The summed E-state index contributed by atoms with van der Waals surface area (Å²) >= 11 is 0. The summed E-state index contributed by atoms with van der Waals surface area (Å²) in [5.41, 5.74) is 5.83. The number of rotatable bonds is 3. The van der Waals surface area contributed by atoms with Gasteiger partial charge in [-0.05, 0) is 24.3 Å². The summed E-state index contributed by atoms with van der Waals surface area (Å²) in [4.78, 5) is 3.96. The summed E-state index contributed by atoms with van der Waals surface area (Å²) in [5, 5.41) is 0. The lowest BCUT2D eigenvalue weighted by Gasteiger charge is -2.10. The molecule has 0 aliphatic rings. The average Bonchev–Trinajstić information content (AvgIpc) is 2.34. The lowest BCUT2D eigenvalue weighted by Crippen LogP contribution is -1.98. The fourth-order valence-electron chi connectivity index (χ4n) is 1.34. The highest BCUT2D eigenvalue weighted by atomic mass is 19.1. The molecule has 1 heterocycles. The van der Waals surface area contributed by atoms with Gasteiger partial charge in [-0.3, -0.25) is 0 Å². The van der Waals surface area contributed by atoms with Crippen LogP contribution in [0.1, 0.15) is 0 Å². The van der Waals surface area contributed by atoms with Crippen LogP contribution in [0, 0.1) is 5.82 Å².